The lowest BCUT2D eigenvalue weighted by molar-refractivity contribution is 0.0149. The molecule has 1 heterocycles. The Morgan fingerprint density at radius 3 is 2.06 bits per heavy atom. The predicted molar refractivity (Wildman–Crippen MR) is 73.7 cm³/mol. The van der Waals surface area contributed by atoms with Crippen molar-refractivity contribution in [3.63, 3.8) is 0 Å². The maximum absolute atomic E-state index is 12.3. The van der Waals surface area contributed by atoms with Gasteiger partial charge in [0, 0.05) is 6.16 Å². The zero-order valence-electron chi connectivity index (χ0n) is 11.4. The van der Waals surface area contributed by atoms with Crippen LogP contribution in [0.4, 0.5) is 0 Å². The molecule has 0 amide bonds. The fourth-order valence-corrected chi connectivity index (χ4v) is 9.49. The fraction of sp³-hybridized carbons (Fsp3) is 1.00. The molecule has 1 aliphatic rings. The van der Waals surface area contributed by atoms with Crippen molar-refractivity contribution >= 4 is 14.3 Å². The Morgan fingerprint density at radius 1 is 1.11 bits per heavy atom. The molecule has 1 aliphatic heterocycles. The molecule has 1 fully saturated rings. The molecule has 5 nitrogen and oxygen atoms in total. The van der Waals surface area contributed by atoms with Crippen LogP contribution in [0.5, 0.6) is 0 Å². The minimum atomic E-state index is -2.47. The van der Waals surface area contributed by atoms with Gasteiger partial charge in [-0.3, -0.25) is 0 Å². The van der Waals surface area contributed by atoms with Crippen LogP contribution in [-0.4, -0.2) is 66.7 Å². The maximum Gasteiger partial charge on any atom is 0.109 e. The third-order valence-electron chi connectivity index (χ3n) is 3.13. The van der Waals surface area contributed by atoms with E-state index in [4.69, 9.17) is 4.74 Å². The minimum Gasteiger partial charge on any atom is -0.388 e. The van der Waals surface area contributed by atoms with Crippen LogP contribution in [0, 0.1) is 0 Å². The first-order valence-electron chi connectivity index (χ1n) is 6.13. The van der Waals surface area contributed by atoms with Gasteiger partial charge in [-0.1, -0.05) is 0 Å². The lowest BCUT2D eigenvalue weighted by Crippen LogP contribution is -2.31. The van der Waals surface area contributed by atoms with Gasteiger partial charge in [0.1, 0.15) is 12.2 Å². The molecule has 0 aromatic heterocycles. The van der Waals surface area contributed by atoms with E-state index < -0.39 is 38.7 Å². The molecule has 0 bridgehead atoms. The fourth-order valence-electron chi connectivity index (χ4n) is 2.36. The summed E-state index contributed by atoms with van der Waals surface area (Å²) in [7, 11) is -4.77. The SMILES string of the molecule is C[C@@H]1O[C@H](CCP(C)(=O)CP(C)(C)=O)[C@H](O)C1O. The summed E-state index contributed by atoms with van der Waals surface area (Å²) in [4.78, 5) is 0. The number of rotatable bonds is 5. The predicted octanol–water partition coefficient (Wildman–Crippen LogP) is 1.46. The summed E-state index contributed by atoms with van der Waals surface area (Å²) >= 11 is 0. The minimum absolute atomic E-state index is 0.251. The third-order valence-corrected chi connectivity index (χ3v) is 9.45. The maximum atomic E-state index is 12.3. The molecule has 2 unspecified atom stereocenters. The highest BCUT2D eigenvalue weighted by Crippen LogP contribution is 2.56. The molecule has 0 aromatic carbocycles. The highest BCUT2D eigenvalue weighted by molar-refractivity contribution is 7.79. The van der Waals surface area contributed by atoms with Crippen LogP contribution in [0.3, 0.4) is 0 Å². The number of ether oxygens (including phenoxy) is 1. The van der Waals surface area contributed by atoms with Crippen molar-refractivity contribution < 1.29 is 24.1 Å². The van der Waals surface area contributed by atoms with Crippen molar-refractivity contribution in [2.45, 2.75) is 37.8 Å². The van der Waals surface area contributed by atoms with Crippen LogP contribution in [0.1, 0.15) is 13.3 Å². The summed E-state index contributed by atoms with van der Waals surface area (Å²) in [5.74, 6) is 0.251. The molecular formula is C11H24O5P2. The van der Waals surface area contributed by atoms with Crippen molar-refractivity contribution in [3.05, 3.63) is 0 Å². The standard InChI is InChI=1S/C11H24O5P2/c1-8-10(12)11(13)9(16-8)5-6-18(4,15)7-17(2,3)14/h8-13H,5-7H2,1-4H3/t8-,9+,10?,11-,18?/m0/s1. The quantitative estimate of drug-likeness (QED) is 0.751. The van der Waals surface area contributed by atoms with E-state index in [1.807, 2.05) is 0 Å². The molecule has 7 heteroatoms. The summed E-state index contributed by atoms with van der Waals surface area (Å²) in [6, 6.07) is 0. The molecule has 108 valence electrons. The molecule has 0 saturated carbocycles. The first kappa shape index (κ1) is 16.4. The van der Waals surface area contributed by atoms with Gasteiger partial charge in [0.2, 0.25) is 0 Å². The van der Waals surface area contributed by atoms with Gasteiger partial charge >= 0.3 is 0 Å². The van der Waals surface area contributed by atoms with Gasteiger partial charge in [-0.25, -0.2) is 0 Å². The van der Waals surface area contributed by atoms with Gasteiger partial charge < -0.3 is 24.1 Å². The highest BCUT2D eigenvalue weighted by Gasteiger charge is 2.40. The van der Waals surface area contributed by atoms with E-state index in [2.05, 4.69) is 0 Å². The monoisotopic (exact) mass is 298 g/mol. The molecule has 0 aromatic rings. The Bertz CT molecular complexity index is 378. The summed E-state index contributed by atoms with van der Waals surface area (Å²) in [6.07, 6.45) is -1.86. The van der Waals surface area contributed by atoms with Gasteiger partial charge in [0.25, 0.3) is 0 Å². The van der Waals surface area contributed by atoms with Crippen molar-refractivity contribution in [1.82, 2.24) is 0 Å². The van der Waals surface area contributed by atoms with E-state index >= 15 is 0 Å². The molecule has 1 saturated heterocycles. The Labute approximate surface area is 109 Å². The van der Waals surface area contributed by atoms with Crippen molar-refractivity contribution in [2.24, 2.45) is 0 Å². The molecular weight excluding hydrogens is 274 g/mol. The molecule has 0 spiro atoms. The lowest BCUT2D eigenvalue weighted by atomic mass is 10.1. The first-order chi connectivity index (χ1) is 8.02. The van der Waals surface area contributed by atoms with Crippen molar-refractivity contribution in [1.29, 1.82) is 0 Å². The van der Waals surface area contributed by atoms with E-state index in [-0.39, 0.29) is 5.90 Å². The third kappa shape index (κ3) is 4.79. The number of hydrogen-bond donors (Lipinski definition) is 2. The van der Waals surface area contributed by atoms with E-state index in [1.54, 1.807) is 26.9 Å². The second-order valence-electron chi connectivity index (χ2n) is 5.89. The van der Waals surface area contributed by atoms with E-state index in [1.165, 1.54) is 0 Å². The van der Waals surface area contributed by atoms with Gasteiger partial charge in [0.05, 0.1) is 32.4 Å². The van der Waals surface area contributed by atoms with Crippen molar-refractivity contribution in [3.8, 4) is 0 Å². The van der Waals surface area contributed by atoms with Crippen LogP contribution < -0.4 is 0 Å². The summed E-state index contributed by atoms with van der Waals surface area (Å²) in [6.45, 7) is 6.62. The van der Waals surface area contributed by atoms with Gasteiger partial charge in [-0.2, -0.15) is 0 Å². The summed E-state index contributed by atoms with van der Waals surface area (Å²) < 4.78 is 29.4. The number of hydrogen-bond acceptors (Lipinski definition) is 5. The van der Waals surface area contributed by atoms with Gasteiger partial charge in [-0.05, 0) is 33.3 Å². The lowest BCUT2D eigenvalue weighted by Gasteiger charge is -2.19. The molecule has 2 N–H and O–H groups in total. The molecule has 0 aliphatic carbocycles. The second kappa shape index (κ2) is 5.76. The smallest absolute Gasteiger partial charge is 0.109 e. The topological polar surface area (TPSA) is 83.8 Å². The van der Waals surface area contributed by atoms with E-state index in [0.717, 1.165) is 0 Å². The largest absolute Gasteiger partial charge is 0.388 e. The molecule has 1 rings (SSSR count). The Balaban J connectivity index is 2.51. The van der Waals surface area contributed by atoms with E-state index in [0.29, 0.717) is 12.6 Å². The summed E-state index contributed by atoms with van der Waals surface area (Å²) in [5, 5.41) is 19.3. The number of aliphatic hydroxyl groups excluding tert-OH is 2. The van der Waals surface area contributed by atoms with Crippen molar-refractivity contribution in [2.75, 3.05) is 32.1 Å². The molecule has 0 radical (unpaired) electrons. The zero-order valence-corrected chi connectivity index (χ0v) is 13.2. The number of aliphatic hydroxyl groups is 2. The molecule has 5 atom stereocenters. The van der Waals surface area contributed by atoms with Crippen LogP contribution in [-0.2, 0) is 13.9 Å². The molecule has 18 heavy (non-hydrogen) atoms. The highest BCUT2D eigenvalue weighted by atomic mass is 31.2. The van der Waals surface area contributed by atoms with Crippen LogP contribution >= 0.6 is 14.3 Å². The summed E-state index contributed by atoms with van der Waals surface area (Å²) in [5.41, 5.74) is 0. The Hall–Kier alpha value is 0.340. The zero-order chi connectivity index (χ0) is 14.1. The average molecular weight is 298 g/mol. The van der Waals surface area contributed by atoms with Gasteiger partial charge in [0.15, 0.2) is 0 Å². The van der Waals surface area contributed by atoms with Gasteiger partial charge in [-0.15, -0.1) is 0 Å². The first-order valence-corrected chi connectivity index (χ1v) is 11.4. The average Bonchev–Trinajstić information content (AvgIpc) is 2.39. The Morgan fingerprint density at radius 2 is 1.67 bits per heavy atom. The van der Waals surface area contributed by atoms with Crippen LogP contribution in [0.2, 0.25) is 0 Å². The van der Waals surface area contributed by atoms with Crippen LogP contribution in [0.15, 0.2) is 0 Å². The van der Waals surface area contributed by atoms with E-state index in [9.17, 15) is 19.3 Å². The Kier molecular flexibility index (Phi) is 5.25. The van der Waals surface area contributed by atoms with Crippen LogP contribution in [0.25, 0.3) is 0 Å². The second-order valence-corrected chi connectivity index (χ2v) is 13.2. The normalized spacial score (nSPS) is 36.6.